The average Bonchev–Trinajstić information content (AvgIpc) is 2.97. The third-order valence-electron chi connectivity index (χ3n) is 3.53. The van der Waals surface area contributed by atoms with E-state index in [1.54, 1.807) is 0 Å². The number of nitrogens with zero attached hydrogens (tertiary/aromatic N) is 2. The van der Waals surface area contributed by atoms with Crippen molar-refractivity contribution in [1.82, 2.24) is 9.69 Å². The fraction of sp³-hybridized carbons (Fsp3) is 0. The van der Waals surface area contributed by atoms with Gasteiger partial charge >= 0.3 is 6.98 Å². The van der Waals surface area contributed by atoms with Crippen LogP contribution < -0.4 is 10.7 Å². The van der Waals surface area contributed by atoms with Gasteiger partial charge in [-0.15, -0.1) is 0 Å². The van der Waals surface area contributed by atoms with Crippen molar-refractivity contribution in [3.05, 3.63) is 66.9 Å². The maximum atomic E-state index is 4.47. The highest BCUT2D eigenvalue weighted by Gasteiger charge is 2.29. The summed E-state index contributed by atoms with van der Waals surface area (Å²) in [7, 11) is 0. The van der Waals surface area contributed by atoms with Crippen molar-refractivity contribution >= 4 is 18.1 Å². The normalized spacial score (nSPS) is 12.5. The van der Waals surface area contributed by atoms with Gasteiger partial charge in [0.05, 0.1) is 5.69 Å². The summed E-state index contributed by atoms with van der Waals surface area (Å²) in [6.07, 6.45) is 1.86. The predicted molar refractivity (Wildman–Crippen MR) is 78.5 cm³/mol. The first kappa shape index (κ1) is 10.4. The Morgan fingerprint density at radius 2 is 1.68 bits per heavy atom. The van der Waals surface area contributed by atoms with Gasteiger partial charge in [0.25, 0.3) is 0 Å². The van der Waals surface area contributed by atoms with Crippen molar-refractivity contribution in [3.8, 4) is 11.3 Å². The molecule has 0 amide bonds. The summed E-state index contributed by atoms with van der Waals surface area (Å²) in [6.45, 7) is 0.0566. The lowest BCUT2D eigenvalue weighted by Crippen LogP contribution is -2.48. The Kier molecular flexibility index (Phi) is 2.21. The molecule has 2 aromatic carbocycles. The Labute approximate surface area is 112 Å². The van der Waals surface area contributed by atoms with Gasteiger partial charge in [0.15, 0.2) is 0 Å². The second-order valence-electron chi connectivity index (χ2n) is 4.66. The van der Waals surface area contributed by atoms with E-state index in [4.69, 9.17) is 0 Å². The maximum Gasteiger partial charge on any atom is 0.430 e. The van der Waals surface area contributed by atoms with E-state index in [-0.39, 0.29) is 6.98 Å². The first-order chi connectivity index (χ1) is 9.43. The van der Waals surface area contributed by atoms with Crippen molar-refractivity contribution < 1.29 is 0 Å². The highest BCUT2D eigenvalue weighted by molar-refractivity contribution is 6.75. The van der Waals surface area contributed by atoms with Crippen LogP contribution in [0.15, 0.2) is 66.9 Å². The summed E-state index contributed by atoms with van der Waals surface area (Å²) in [5.41, 5.74) is 4.72. The average molecular weight is 245 g/mol. The Balaban J connectivity index is 1.91. The molecule has 4 heteroatoms. The van der Waals surface area contributed by atoms with E-state index in [0.717, 1.165) is 11.4 Å². The van der Waals surface area contributed by atoms with Crippen LogP contribution in [0.3, 0.4) is 0 Å². The molecule has 19 heavy (non-hydrogen) atoms. The quantitative estimate of drug-likeness (QED) is 0.666. The number of para-hydroxylation sites is 1. The molecule has 1 aromatic heterocycles. The molecule has 1 N–H and O–H groups in total. The first-order valence-corrected chi connectivity index (χ1v) is 6.38. The van der Waals surface area contributed by atoms with Crippen LogP contribution in [-0.4, -0.2) is 16.7 Å². The molecule has 0 atom stereocenters. The van der Waals surface area contributed by atoms with E-state index in [1.807, 2.05) is 16.9 Å². The zero-order valence-corrected chi connectivity index (χ0v) is 10.3. The molecule has 0 spiro atoms. The van der Waals surface area contributed by atoms with Gasteiger partial charge in [-0.25, -0.2) is 0 Å². The number of nitrogens with one attached hydrogen (secondary N) is 1. The molecule has 90 valence electrons. The highest BCUT2D eigenvalue weighted by atomic mass is 15.3. The minimum absolute atomic E-state index is 0.0566. The van der Waals surface area contributed by atoms with Crippen LogP contribution in [0.4, 0.5) is 5.69 Å². The van der Waals surface area contributed by atoms with Gasteiger partial charge in [0.1, 0.15) is 0 Å². The van der Waals surface area contributed by atoms with E-state index in [2.05, 4.69) is 64.9 Å². The molecule has 0 bridgehead atoms. The van der Waals surface area contributed by atoms with E-state index in [0.29, 0.717) is 0 Å². The molecule has 1 aliphatic rings. The van der Waals surface area contributed by atoms with E-state index in [9.17, 15) is 0 Å². The predicted octanol–water partition coefficient (Wildman–Crippen LogP) is 2.22. The SMILES string of the molecule is c1ccc(B2Nc3ccccc3-c3ccnn32)cc1. The molecule has 1 aliphatic heterocycles. The van der Waals surface area contributed by atoms with E-state index in [1.165, 1.54) is 11.0 Å². The van der Waals surface area contributed by atoms with Gasteiger partial charge < -0.3 is 5.23 Å². The lowest BCUT2D eigenvalue weighted by molar-refractivity contribution is 0.963. The molecule has 4 rings (SSSR count). The summed E-state index contributed by atoms with van der Waals surface area (Å²) in [6, 6.07) is 20.8. The topological polar surface area (TPSA) is 29.9 Å². The molecule has 0 unspecified atom stereocenters. The fourth-order valence-corrected chi connectivity index (χ4v) is 2.63. The molecule has 3 aromatic rings. The van der Waals surface area contributed by atoms with Crippen LogP contribution in [0.2, 0.25) is 0 Å². The smallest absolute Gasteiger partial charge is 0.404 e. The van der Waals surface area contributed by atoms with Gasteiger partial charge in [-0.2, -0.15) is 5.10 Å². The largest absolute Gasteiger partial charge is 0.430 e. The fourth-order valence-electron chi connectivity index (χ4n) is 2.63. The number of aromatic nitrogens is 2. The molecule has 0 fully saturated rings. The lowest BCUT2D eigenvalue weighted by Gasteiger charge is -2.26. The van der Waals surface area contributed by atoms with E-state index < -0.39 is 0 Å². The third-order valence-corrected chi connectivity index (χ3v) is 3.53. The van der Waals surface area contributed by atoms with Gasteiger partial charge in [-0.1, -0.05) is 48.5 Å². The van der Waals surface area contributed by atoms with Crippen molar-refractivity contribution in [3.63, 3.8) is 0 Å². The number of hydrogen-bond acceptors (Lipinski definition) is 2. The second-order valence-corrected chi connectivity index (χ2v) is 4.66. The molecule has 0 saturated carbocycles. The number of anilines is 1. The molecular weight excluding hydrogens is 233 g/mol. The van der Waals surface area contributed by atoms with Crippen molar-refractivity contribution in [2.45, 2.75) is 0 Å². The Morgan fingerprint density at radius 1 is 0.895 bits per heavy atom. The van der Waals surface area contributed by atoms with Gasteiger partial charge in [-0.3, -0.25) is 4.59 Å². The van der Waals surface area contributed by atoms with Gasteiger partial charge in [-0.05, 0) is 17.6 Å². The summed E-state index contributed by atoms with van der Waals surface area (Å²) in [4.78, 5) is 0. The minimum atomic E-state index is 0.0566. The Morgan fingerprint density at radius 3 is 2.58 bits per heavy atom. The third kappa shape index (κ3) is 1.57. The molecule has 3 nitrogen and oxygen atoms in total. The standard InChI is InChI=1S/C15H12BN3/c1-2-6-12(7-3-1)16-18-14-9-5-4-8-13(14)15-10-11-17-19(15)16/h1-11,18H. The monoisotopic (exact) mass is 245 g/mol. The Hall–Kier alpha value is -2.49. The highest BCUT2D eigenvalue weighted by Crippen LogP contribution is 2.31. The maximum absolute atomic E-state index is 4.47. The first-order valence-electron chi connectivity index (χ1n) is 6.38. The van der Waals surface area contributed by atoms with Gasteiger partial charge in [0, 0.05) is 17.4 Å². The molecule has 2 heterocycles. The molecule has 0 saturated heterocycles. The van der Waals surface area contributed by atoms with Crippen LogP contribution in [0.25, 0.3) is 11.3 Å². The summed E-state index contributed by atoms with van der Waals surface area (Å²) < 4.78 is 2.04. The number of hydrogen-bond donors (Lipinski definition) is 1. The summed E-state index contributed by atoms with van der Waals surface area (Å²) >= 11 is 0. The minimum Gasteiger partial charge on any atom is -0.404 e. The lowest BCUT2D eigenvalue weighted by atomic mass is 9.66. The van der Waals surface area contributed by atoms with Gasteiger partial charge in [0.2, 0.25) is 0 Å². The van der Waals surface area contributed by atoms with Crippen LogP contribution in [0.5, 0.6) is 0 Å². The number of benzene rings is 2. The van der Waals surface area contributed by atoms with Crippen molar-refractivity contribution in [1.29, 1.82) is 0 Å². The zero-order chi connectivity index (χ0) is 12.7. The number of rotatable bonds is 1. The van der Waals surface area contributed by atoms with Crippen molar-refractivity contribution in [2.24, 2.45) is 0 Å². The van der Waals surface area contributed by atoms with E-state index >= 15 is 0 Å². The molecule has 0 aliphatic carbocycles. The zero-order valence-electron chi connectivity index (χ0n) is 10.3. The van der Waals surface area contributed by atoms with Crippen LogP contribution in [-0.2, 0) is 0 Å². The summed E-state index contributed by atoms with van der Waals surface area (Å²) in [5.74, 6) is 0. The molecule has 0 radical (unpaired) electrons. The van der Waals surface area contributed by atoms with Crippen LogP contribution in [0.1, 0.15) is 0 Å². The van der Waals surface area contributed by atoms with Crippen LogP contribution in [0, 0.1) is 0 Å². The second kappa shape index (κ2) is 4.02. The van der Waals surface area contributed by atoms with Crippen molar-refractivity contribution in [2.75, 3.05) is 5.23 Å². The Bertz CT molecular complexity index is 721. The van der Waals surface area contributed by atoms with Crippen LogP contribution >= 0.6 is 0 Å². The summed E-state index contributed by atoms with van der Waals surface area (Å²) in [5, 5.41) is 8.02. The molecular formula is C15H12BN3. The number of fused-ring (bicyclic) bond motifs is 3.